The summed E-state index contributed by atoms with van der Waals surface area (Å²) in [7, 11) is 0. The Morgan fingerprint density at radius 2 is 0.941 bits per heavy atom. The first-order chi connectivity index (χ1) is 16.8. The lowest BCUT2D eigenvalue weighted by Gasteiger charge is -2.38. The quantitative estimate of drug-likeness (QED) is 0.281. The van der Waals surface area contributed by atoms with E-state index in [9.17, 15) is 0 Å². The van der Waals surface area contributed by atoms with Crippen molar-refractivity contribution in [1.29, 1.82) is 0 Å². The number of nitrogens with one attached hydrogen (secondary N) is 4. The van der Waals surface area contributed by atoms with Crippen LogP contribution in [-0.2, 0) is 0 Å². The van der Waals surface area contributed by atoms with Crippen LogP contribution in [0.2, 0.25) is 0 Å². The van der Waals surface area contributed by atoms with Crippen LogP contribution in [0.4, 0.5) is 0 Å². The number of benzene rings is 1. The summed E-state index contributed by atoms with van der Waals surface area (Å²) in [4.78, 5) is 14.5. The molecule has 2 atom stereocenters. The molecule has 4 aromatic heterocycles. The number of rotatable bonds is 0. The fraction of sp³-hybridized carbons (Fsp3) is 0.133. The number of aromatic amines is 4. The smallest absolute Gasteiger partial charge is 0.0447 e. The summed E-state index contributed by atoms with van der Waals surface area (Å²) in [6.07, 6.45) is 11.3. The van der Waals surface area contributed by atoms with Gasteiger partial charge in [-0.2, -0.15) is 0 Å². The Morgan fingerprint density at radius 1 is 0.471 bits per heavy atom. The summed E-state index contributed by atoms with van der Waals surface area (Å²) in [5, 5.41) is 4.62. The minimum absolute atomic E-state index is 0.452. The van der Waals surface area contributed by atoms with Crippen molar-refractivity contribution in [2.45, 2.75) is 24.7 Å². The maximum absolute atomic E-state index is 3.83. The highest BCUT2D eigenvalue weighted by molar-refractivity contribution is 5.62. The lowest BCUT2D eigenvalue weighted by atomic mass is 9.64. The van der Waals surface area contributed by atoms with Crippen LogP contribution < -0.4 is 21.4 Å². The van der Waals surface area contributed by atoms with Crippen LogP contribution in [-0.4, -0.2) is 19.9 Å². The van der Waals surface area contributed by atoms with E-state index >= 15 is 0 Å². The Hall–Kier alpha value is -4.18. The van der Waals surface area contributed by atoms with Crippen molar-refractivity contribution in [3.05, 3.63) is 127 Å². The molecule has 4 aliphatic rings. The van der Waals surface area contributed by atoms with Gasteiger partial charge in [0.2, 0.25) is 0 Å². The van der Waals surface area contributed by atoms with Crippen molar-refractivity contribution in [3.8, 4) is 0 Å². The zero-order chi connectivity index (χ0) is 22.2. The normalized spacial score (nSPS) is 19.3. The molecule has 4 N–H and O–H groups in total. The van der Waals surface area contributed by atoms with Crippen LogP contribution >= 0.6 is 0 Å². The fourth-order valence-corrected chi connectivity index (χ4v) is 6.38. The number of fused-ring (bicyclic) bond motifs is 9. The van der Waals surface area contributed by atoms with Gasteiger partial charge < -0.3 is 19.9 Å². The second kappa shape index (κ2) is 6.67. The Morgan fingerprint density at radius 3 is 1.44 bits per heavy atom. The van der Waals surface area contributed by atoms with E-state index in [-0.39, 0.29) is 0 Å². The van der Waals surface area contributed by atoms with Crippen molar-refractivity contribution < 1.29 is 0 Å². The van der Waals surface area contributed by atoms with E-state index in [2.05, 4.69) is 105 Å². The van der Waals surface area contributed by atoms with E-state index in [1.807, 2.05) is 0 Å². The van der Waals surface area contributed by atoms with Crippen molar-refractivity contribution in [3.63, 3.8) is 0 Å². The maximum atomic E-state index is 3.83. The van der Waals surface area contributed by atoms with Gasteiger partial charge in [-0.15, -0.1) is 0 Å². The highest BCUT2D eigenvalue weighted by atomic mass is 14.8. The monoisotopic (exact) mass is 440 g/mol. The Balaban J connectivity index is 1.45. The molecule has 3 aliphatic carbocycles. The van der Waals surface area contributed by atoms with Gasteiger partial charge >= 0.3 is 0 Å². The minimum atomic E-state index is 0.452. The van der Waals surface area contributed by atoms with Gasteiger partial charge in [0.15, 0.2) is 0 Å². The number of hydrogen-bond acceptors (Lipinski definition) is 0. The maximum Gasteiger partial charge on any atom is 0.0447 e. The molecule has 0 amide bonds. The van der Waals surface area contributed by atoms with Crippen molar-refractivity contribution in [1.82, 2.24) is 19.9 Å². The summed E-state index contributed by atoms with van der Waals surface area (Å²) in [6.45, 7) is 0. The average Bonchev–Trinajstić information content (AvgIpc) is 3.65. The van der Waals surface area contributed by atoms with Crippen LogP contribution in [0.5, 0.6) is 0 Å². The standard InChI is InChI=1S/C30H24N4/c1-2-4-24-23(3-1)25-11-12-26(24)30-28-16-22-10-8-20(33-22)14-18-6-5-17(31-18)13-19-7-9-21(32-19)15-27(34-28)29(25)30/h1-10,13-16,25-26,31-34H,11-12H2. The minimum Gasteiger partial charge on any atom is -0.355 e. The first-order valence-electron chi connectivity index (χ1n) is 12.1. The molecule has 0 fully saturated rings. The lowest BCUT2D eigenvalue weighted by Crippen LogP contribution is -2.29. The summed E-state index contributed by atoms with van der Waals surface area (Å²) in [5.41, 5.74) is 10.4. The topological polar surface area (TPSA) is 63.2 Å². The molecular weight excluding hydrogens is 416 g/mol. The van der Waals surface area contributed by atoms with Gasteiger partial charge in [-0.25, -0.2) is 0 Å². The average molecular weight is 441 g/mol. The predicted molar refractivity (Wildman–Crippen MR) is 135 cm³/mol. The van der Waals surface area contributed by atoms with Crippen LogP contribution in [0.15, 0.2) is 60.7 Å². The van der Waals surface area contributed by atoms with Crippen LogP contribution in [0, 0.1) is 0 Å². The molecule has 5 aromatic rings. The van der Waals surface area contributed by atoms with Gasteiger partial charge in [0, 0.05) is 56.0 Å². The van der Waals surface area contributed by atoms with E-state index in [0.717, 1.165) is 33.5 Å². The summed E-state index contributed by atoms with van der Waals surface area (Å²) in [5.74, 6) is 0.905. The fourth-order valence-electron chi connectivity index (χ4n) is 6.38. The molecule has 0 saturated carbocycles. The second-order valence-electron chi connectivity index (χ2n) is 9.78. The van der Waals surface area contributed by atoms with E-state index in [1.165, 1.54) is 45.8 Å². The molecule has 0 spiro atoms. The third-order valence-corrected chi connectivity index (χ3v) is 7.74. The lowest BCUT2D eigenvalue weighted by molar-refractivity contribution is 0.519. The Bertz CT molecular complexity index is 1700. The van der Waals surface area contributed by atoms with E-state index < -0.39 is 0 Å². The molecule has 0 radical (unpaired) electrons. The van der Waals surface area contributed by atoms with E-state index in [1.54, 1.807) is 0 Å². The molecule has 1 aliphatic heterocycles. The highest BCUT2D eigenvalue weighted by Crippen LogP contribution is 2.50. The molecular formula is C30H24N4. The molecule has 10 bridgehead atoms. The number of aromatic nitrogens is 4. The van der Waals surface area contributed by atoms with Gasteiger partial charge in [0.25, 0.3) is 0 Å². The summed E-state index contributed by atoms with van der Waals surface area (Å²) < 4.78 is 0. The molecule has 4 heteroatoms. The first kappa shape index (κ1) is 18.3. The van der Waals surface area contributed by atoms with Crippen molar-refractivity contribution in [2.24, 2.45) is 0 Å². The molecule has 164 valence electrons. The van der Waals surface area contributed by atoms with Gasteiger partial charge in [-0.3, -0.25) is 0 Å². The number of hydrogen-bond donors (Lipinski definition) is 4. The van der Waals surface area contributed by atoms with Gasteiger partial charge in [-0.05, 0) is 95.8 Å². The van der Waals surface area contributed by atoms with Crippen LogP contribution in [0.1, 0.15) is 69.7 Å². The molecule has 4 nitrogen and oxygen atoms in total. The SMILES string of the molecule is C1=c2ccc([nH]2)=Cc2ccc([nH]2)C=c2[nH]c(c3c2C2CCC3c3ccccc32)=Cc2ccc1[nH]2. The zero-order valence-electron chi connectivity index (χ0n) is 18.7. The van der Waals surface area contributed by atoms with Crippen molar-refractivity contribution >= 4 is 24.3 Å². The molecule has 34 heavy (non-hydrogen) atoms. The summed E-state index contributed by atoms with van der Waals surface area (Å²) >= 11 is 0. The van der Waals surface area contributed by atoms with Gasteiger partial charge in [-0.1, -0.05) is 24.3 Å². The molecule has 9 rings (SSSR count). The second-order valence-corrected chi connectivity index (χ2v) is 9.78. The third kappa shape index (κ3) is 2.65. The molecule has 1 aromatic carbocycles. The largest absolute Gasteiger partial charge is 0.355 e. The third-order valence-electron chi connectivity index (χ3n) is 7.74. The Kier molecular flexibility index (Phi) is 3.59. The van der Waals surface area contributed by atoms with E-state index in [4.69, 9.17) is 0 Å². The van der Waals surface area contributed by atoms with Crippen molar-refractivity contribution in [2.75, 3.05) is 0 Å². The molecule has 0 saturated heterocycles. The Labute approximate surface area is 196 Å². The first-order valence-corrected chi connectivity index (χ1v) is 12.1. The summed E-state index contributed by atoms with van der Waals surface area (Å²) in [6, 6.07) is 21.9. The highest BCUT2D eigenvalue weighted by Gasteiger charge is 2.39. The molecule has 2 unspecified atom stereocenters. The molecule has 5 heterocycles. The zero-order valence-corrected chi connectivity index (χ0v) is 18.7. The number of H-pyrrole nitrogens is 4. The van der Waals surface area contributed by atoms with Crippen LogP contribution in [0.25, 0.3) is 24.3 Å². The van der Waals surface area contributed by atoms with Gasteiger partial charge in [0.05, 0.1) is 0 Å². The predicted octanol–water partition coefficient (Wildman–Crippen LogP) is 3.00. The van der Waals surface area contributed by atoms with Gasteiger partial charge in [0.1, 0.15) is 0 Å². The van der Waals surface area contributed by atoms with E-state index in [0.29, 0.717) is 11.8 Å². The van der Waals surface area contributed by atoms with Crippen LogP contribution in [0.3, 0.4) is 0 Å².